The van der Waals surface area contributed by atoms with E-state index in [2.05, 4.69) is 50.2 Å². The minimum atomic E-state index is -0.0554. The number of carbonyl (C=O) groups is 1. The van der Waals surface area contributed by atoms with Crippen LogP contribution in [0, 0.1) is 11.8 Å². The maximum Gasteiger partial charge on any atom is 0.309 e. The lowest BCUT2D eigenvalue weighted by Gasteiger charge is -2.19. The van der Waals surface area contributed by atoms with E-state index in [0.29, 0.717) is 12.5 Å². The van der Waals surface area contributed by atoms with E-state index in [-0.39, 0.29) is 17.8 Å². The predicted octanol–water partition coefficient (Wildman–Crippen LogP) is 4.27. The van der Waals surface area contributed by atoms with E-state index in [1.807, 2.05) is 18.2 Å². The van der Waals surface area contributed by atoms with Gasteiger partial charge in [-0.15, -0.1) is 0 Å². The number of benzene rings is 2. The summed E-state index contributed by atoms with van der Waals surface area (Å²) in [6.07, 6.45) is 0. The first-order valence-corrected chi connectivity index (χ1v) is 7.49. The van der Waals surface area contributed by atoms with Crippen molar-refractivity contribution < 1.29 is 9.53 Å². The molecule has 1 aliphatic heterocycles. The molecule has 0 aromatic heterocycles. The van der Waals surface area contributed by atoms with Crippen LogP contribution >= 0.6 is 0 Å². The fraction of sp³-hybridized carbons (Fsp3) is 0.316. The van der Waals surface area contributed by atoms with Crippen molar-refractivity contribution in [1.82, 2.24) is 0 Å². The third-order valence-electron chi connectivity index (χ3n) is 4.25. The number of cyclic esters (lactones) is 1. The minimum Gasteiger partial charge on any atom is -0.465 e. The van der Waals surface area contributed by atoms with Gasteiger partial charge in [-0.2, -0.15) is 0 Å². The lowest BCUT2D eigenvalue weighted by Crippen LogP contribution is -2.20. The van der Waals surface area contributed by atoms with Crippen LogP contribution in [0.25, 0.3) is 11.1 Å². The van der Waals surface area contributed by atoms with Crippen molar-refractivity contribution >= 4 is 5.97 Å². The molecule has 0 aliphatic carbocycles. The molecule has 2 atom stereocenters. The van der Waals surface area contributed by atoms with E-state index >= 15 is 0 Å². The highest BCUT2D eigenvalue weighted by molar-refractivity contribution is 5.76. The van der Waals surface area contributed by atoms with Crippen LogP contribution in [-0.2, 0) is 9.53 Å². The Morgan fingerprint density at radius 1 is 1.00 bits per heavy atom. The third-order valence-corrected chi connectivity index (χ3v) is 4.25. The Balaban J connectivity index is 1.95. The molecule has 2 unspecified atom stereocenters. The molecule has 2 aromatic rings. The van der Waals surface area contributed by atoms with Crippen molar-refractivity contribution in [2.75, 3.05) is 6.61 Å². The molecule has 0 radical (unpaired) electrons. The summed E-state index contributed by atoms with van der Waals surface area (Å²) in [6, 6.07) is 18.8. The largest absolute Gasteiger partial charge is 0.465 e. The van der Waals surface area contributed by atoms with Gasteiger partial charge in [0.15, 0.2) is 0 Å². The number of carbonyl (C=O) groups excluding carboxylic acids is 1. The Morgan fingerprint density at radius 3 is 2.43 bits per heavy atom. The average molecular weight is 280 g/mol. The number of ether oxygens (including phenoxy) is 1. The van der Waals surface area contributed by atoms with E-state index < -0.39 is 0 Å². The van der Waals surface area contributed by atoms with Crippen LogP contribution in [-0.4, -0.2) is 12.6 Å². The van der Waals surface area contributed by atoms with Crippen LogP contribution in [0.4, 0.5) is 0 Å². The summed E-state index contributed by atoms with van der Waals surface area (Å²) >= 11 is 0. The summed E-state index contributed by atoms with van der Waals surface area (Å²) in [7, 11) is 0. The average Bonchev–Trinajstić information content (AvgIpc) is 2.90. The first-order chi connectivity index (χ1) is 10.2. The van der Waals surface area contributed by atoms with E-state index in [1.54, 1.807) is 0 Å². The maximum absolute atomic E-state index is 11.9. The van der Waals surface area contributed by atoms with E-state index in [0.717, 1.165) is 0 Å². The SMILES string of the molecule is CC(C)C1C(=O)OCC1c1cccc(-c2ccccc2)c1. The molecule has 0 saturated carbocycles. The third kappa shape index (κ3) is 2.71. The van der Waals surface area contributed by atoms with Gasteiger partial charge in [0.1, 0.15) is 0 Å². The number of rotatable bonds is 3. The molecule has 1 heterocycles. The first-order valence-electron chi connectivity index (χ1n) is 7.49. The summed E-state index contributed by atoms with van der Waals surface area (Å²) in [5.74, 6) is 0.377. The molecule has 3 rings (SSSR count). The van der Waals surface area contributed by atoms with Crippen molar-refractivity contribution in [3.63, 3.8) is 0 Å². The van der Waals surface area contributed by atoms with Crippen LogP contribution in [0.5, 0.6) is 0 Å². The van der Waals surface area contributed by atoms with Crippen LogP contribution < -0.4 is 0 Å². The van der Waals surface area contributed by atoms with Gasteiger partial charge in [0.25, 0.3) is 0 Å². The van der Waals surface area contributed by atoms with Crippen molar-refractivity contribution in [2.45, 2.75) is 19.8 Å². The van der Waals surface area contributed by atoms with Gasteiger partial charge in [0, 0.05) is 5.92 Å². The Bertz CT molecular complexity index is 631. The lowest BCUT2D eigenvalue weighted by atomic mass is 9.81. The highest BCUT2D eigenvalue weighted by atomic mass is 16.5. The fourth-order valence-corrected chi connectivity index (χ4v) is 3.16. The minimum absolute atomic E-state index is 0.0315. The molecule has 0 spiro atoms. The van der Waals surface area contributed by atoms with Crippen LogP contribution in [0.2, 0.25) is 0 Å². The molecule has 1 saturated heterocycles. The van der Waals surface area contributed by atoms with Gasteiger partial charge in [0.05, 0.1) is 12.5 Å². The maximum atomic E-state index is 11.9. The normalized spacial score (nSPS) is 21.6. The van der Waals surface area contributed by atoms with Crippen LogP contribution in [0.3, 0.4) is 0 Å². The molecule has 2 aromatic carbocycles. The smallest absolute Gasteiger partial charge is 0.309 e. The summed E-state index contributed by atoms with van der Waals surface area (Å²) < 4.78 is 5.30. The molecule has 108 valence electrons. The summed E-state index contributed by atoms with van der Waals surface area (Å²) in [5.41, 5.74) is 3.58. The molecule has 0 N–H and O–H groups in total. The summed E-state index contributed by atoms with van der Waals surface area (Å²) in [6.45, 7) is 4.68. The zero-order valence-corrected chi connectivity index (χ0v) is 12.5. The molecular formula is C19H20O2. The number of hydrogen-bond acceptors (Lipinski definition) is 2. The molecule has 21 heavy (non-hydrogen) atoms. The van der Waals surface area contributed by atoms with Gasteiger partial charge >= 0.3 is 5.97 Å². The Morgan fingerprint density at radius 2 is 1.71 bits per heavy atom. The Hall–Kier alpha value is -2.09. The van der Waals surface area contributed by atoms with Crippen molar-refractivity contribution in [3.05, 3.63) is 60.2 Å². The number of hydrogen-bond donors (Lipinski definition) is 0. The summed E-state index contributed by atoms with van der Waals surface area (Å²) in [5, 5.41) is 0. The second-order valence-electron chi connectivity index (χ2n) is 6.00. The predicted molar refractivity (Wildman–Crippen MR) is 83.9 cm³/mol. The monoisotopic (exact) mass is 280 g/mol. The highest BCUT2D eigenvalue weighted by Gasteiger charge is 2.39. The van der Waals surface area contributed by atoms with Gasteiger partial charge in [-0.25, -0.2) is 0 Å². The van der Waals surface area contributed by atoms with Gasteiger partial charge in [-0.05, 0) is 22.6 Å². The van der Waals surface area contributed by atoms with Crippen LogP contribution in [0.15, 0.2) is 54.6 Å². The molecule has 0 bridgehead atoms. The van der Waals surface area contributed by atoms with Gasteiger partial charge < -0.3 is 4.74 Å². The summed E-state index contributed by atoms with van der Waals surface area (Å²) in [4.78, 5) is 11.9. The van der Waals surface area contributed by atoms with Crippen molar-refractivity contribution in [1.29, 1.82) is 0 Å². The zero-order chi connectivity index (χ0) is 14.8. The topological polar surface area (TPSA) is 26.3 Å². The van der Waals surface area contributed by atoms with Crippen molar-refractivity contribution in [2.24, 2.45) is 11.8 Å². The van der Waals surface area contributed by atoms with Gasteiger partial charge in [-0.3, -0.25) is 4.79 Å². The Kier molecular flexibility index (Phi) is 3.78. The molecular weight excluding hydrogens is 260 g/mol. The molecule has 1 fully saturated rings. The first kappa shape index (κ1) is 13.9. The standard InChI is InChI=1S/C19H20O2/c1-13(2)18-17(12-21-19(18)20)16-10-6-9-15(11-16)14-7-4-3-5-8-14/h3-11,13,17-18H,12H2,1-2H3. The zero-order valence-electron chi connectivity index (χ0n) is 12.5. The molecule has 0 amide bonds. The van der Waals surface area contributed by atoms with E-state index in [4.69, 9.17) is 4.74 Å². The lowest BCUT2D eigenvalue weighted by molar-refractivity contribution is -0.142. The van der Waals surface area contributed by atoms with E-state index in [9.17, 15) is 4.79 Å². The van der Waals surface area contributed by atoms with Gasteiger partial charge in [0.2, 0.25) is 0 Å². The van der Waals surface area contributed by atoms with E-state index in [1.165, 1.54) is 16.7 Å². The second kappa shape index (κ2) is 5.72. The number of esters is 1. The van der Waals surface area contributed by atoms with Crippen molar-refractivity contribution in [3.8, 4) is 11.1 Å². The molecule has 2 heteroatoms. The fourth-order valence-electron chi connectivity index (χ4n) is 3.16. The second-order valence-corrected chi connectivity index (χ2v) is 6.00. The van der Waals surface area contributed by atoms with Gasteiger partial charge in [-0.1, -0.05) is 68.4 Å². The Labute approximate surface area is 125 Å². The van der Waals surface area contributed by atoms with Crippen LogP contribution in [0.1, 0.15) is 25.3 Å². The molecule has 1 aliphatic rings. The highest BCUT2D eigenvalue weighted by Crippen LogP contribution is 2.37. The quantitative estimate of drug-likeness (QED) is 0.785. The molecule has 2 nitrogen and oxygen atoms in total.